The van der Waals surface area contributed by atoms with Crippen LogP contribution in [0.3, 0.4) is 0 Å². The number of carbonyl (C=O) groups is 3. The fraction of sp³-hybridized carbons (Fsp3) is 0.800. The molecule has 0 aliphatic heterocycles. The van der Waals surface area contributed by atoms with Gasteiger partial charge in [-0.25, -0.2) is 9.59 Å². The Balaban J connectivity index is 4.14. The molecular weight excluding hydrogens is 318 g/mol. The first-order chi connectivity index (χ1) is 11.5. The SMILES string of the molecule is COCCCCNC(=O)C(CCCCNC(=O)OC)NC(=O)OC. The molecule has 1 unspecified atom stereocenters. The van der Waals surface area contributed by atoms with E-state index in [-0.39, 0.29) is 5.91 Å². The van der Waals surface area contributed by atoms with Crippen molar-refractivity contribution in [2.75, 3.05) is 41.0 Å². The summed E-state index contributed by atoms with van der Waals surface area (Å²) in [5.41, 5.74) is 0. The van der Waals surface area contributed by atoms with E-state index in [2.05, 4.69) is 25.4 Å². The molecule has 0 saturated carbocycles. The number of amides is 3. The molecule has 0 aliphatic carbocycles. The normalized spacial score (nSPS) is 11.3. The summed E-state index contributed by atoms with van der Waals surface area (Å²) < 4.78 is 13.9. The van der Waals surface area contributed by atoms with E-state index in [0.717, 1.165) is 12.8 Å². The topological polar surface area (TPSA) is 115 Å². The average molecular weight is 347 g/mol. The van der Waals surface area contributed by atoms with Gasteiger partial charge in [0.2, 0.25) is 5.91 Å². The first-order valence-corrected chi connectivity index (χ1v) is 7.98. The first-order valence-electron chi connectivity index (χ1n) is 7.98. The minimum Gasteiger partial charge on any atom is -0.453 e. The lowest BCUT2D eigenvalue weighted by molar-refractivity contribution is -0.123. The summed E-state index contributed by atoms with van der Waals surface area (Å²) in [5.74, 6) is -0.251. The van der Waals surface area contributed by atoms with Crippen molar-refractivity contribution >= 4 is 18.1 Å². The summed E-state index contributed by atoms with van der Waals surface area (Å²) in [4.78, 5) is 34.4. The van der Waals surface area contributed by atoms with Gasteiger partial charge in [-0.15, -0.1) is 0 Å². The van der Waals surface area contributed by atoms with Gasteiger partial charge in [0.05, 0.1) is 14.2 Å². The number of hydrogen-bond acceptors (Lipinski definition) is 6. The Morgan fingerprint density at radius 3 is 2.08 bits per heavy atom. The highest BCUT2D eigenvalue weighted by atomic mass is 16.5. The first kappa shape index (κ1) is 22.0. The number of ether oxygens (including phenoxy) is 3. The molecule has 3 amide bonds. The highest BCUT2D eigenvalue weighted by Gasteiger charge is 2.20. The lowest BCUT2D eigenvalue weighted by atomic mass is 10.1. The van der Waals surface area contributed by atoms with Gasteiger partial charge in [-0.3, -0.25) is 4.79 Å². The van der Waals surface area contributed by atoms with E-state index in [1.165, 1.54) is 14.2 Å². The molecule has 0 aromatic rings. The van der Waals surface area contributed by atoms with Gasteiger partial charge in [-0.05, 0) is 32.1 Å². The number of alkyl carbamates (subject to hydrolysis) is 2. The molecule has 140 valence electrons. The van der Waals surface area contributed by atoms with E-state index in [9.17, 15) is 14.4 Å². The molecule has 0 spiro atoms. The number of carbonyl (C=O) groups excluding carboxylic acids is 3. The van der Waals surface area contributed by atoms with Gasteiger partial charge in [0, 0.05) is 26.8 Å². The summed E-state index contributed by atoms with van der Waals surface area (Å²) in [7, 11) is 4.17. The Labute approximate surface area is 142 Å². The van der Waals surface area contributed by atoms with Crippen molar-refractivity contribution in [1.82, 2.24) is 16.0 Å². The molecule has 0 fully saturated rings. The highest BCUT2D eigenvalue weighted by Crippen LogP contribution is 2.02. The van der Waals surface area contributed by atoms with Crippen LogP contribution in [-0.4, -0.2) is 65.2 Å². The summed E-state index contributed by atoms with van der Waals surface area (Å²) in [5, 5.41) is 7.86. The minimum absolute atomic E-state index is 0.251. The molecule has 3 N–H and O–H groups in total. The molecule has 9 nitrogen and oxygen atoms in total. The van der Waals surface area contributed by atoms with E-state index in [1.807, 2.05) is 0 Å². The number of rotatable bonds is 12. The molecule has 0 bridgehead atoms. The van der Waals surface area contributed by atoms with Crippen molar-refractivity contribution in [3.8, 4) is 0 Å². The van der Waals surface area contributed by atoms with Crippen LogP contribution in [0, 0.1) is 0 Å². The lowest BCUT2D eigenvalue weighted by Gasteiger charge is -2.17. The third-order valence-electron chi connectivity index (χ3n) is 3.24. The molecular formula is C15H29N3O6. The van der Waals surface area contributed by atoms with Gasteiger partial charge >= 0.3 is 12.2 Å². The molecule has 1 atom stereocenters. The monoisotopic (exact) mass is 347 g/mol. The zero-order valence-corrected chi connectivity index (χ0v) is 14.7. The fourth-order valence-corrected chi connectivity index (χ4v) is 1.91. The largest absolute Gasteiger partial charge is 0.453 e. The predicted octanol–water partition coefficient (Wildman–Crippen LogP) is 0.780. The molecule has 0 saturated heterocycles. The zero-order valence-electron chi connectivity index (χ0n) is 14.7. The van der Waals surface area contributed by atoms with Gasteiger partial charge in [-0.2, -0.15) is 0 Å². The molecule has 0 rings (SSSR count). The quantitative estimate of drug-likeness (QED) is 0.449. The number of nitrogens with one attached hydrogen (secondary N) is 3. The van der Waals surface area contributed by atoms with Crippen LogP contribution in [0.1, 0.15) is 32.1 Å². The van der Waals surface area contributed by atoms with E-state index < -0.39 is 18.2 Å². The Bertz CT molecular complexity index is 378. The zero-order chi connectivity index (χ0) is 18.2. The highest BCUT2D eigenvalue weighted by molar-refractivity contribution is 5.85. The van der Waals surface area contributed by atoms with Crippen LogP contribution in [0.5, 0.6) is 0 Å². The lowest BCUT2D eigenvalue weighted by Crippen LogP contribution is -2.47. The molecule has 0 aromatic heterocycles. The second kappa shape index (κ2) is 14.6. The van der Waals surface area contributed by atoms with Crippen molar-refractivity contribution < 1.29 is 28.6 Å². The van der Waals surface area contributed by atoms with E-state index >= 15 is 0 Å². The maximum Gasteiger partial charge on any atom is 0.407 e. The van der Waals surface area contributed by atoms with Crippen molar-refractivity contribution in [2.24, 2.45) is 0 Å². The van der Waals surface area contributed by atoms with Gasteiger partial charge in [0.15, 0.2) is 0 Å². The number of unbranched alkanes of at least 4 members (excludes halogenated alkanes) is 2. The summed E-state index contributed by atoms with van der Waals surface area (Å²) in [6.07, 6.45) is 2.27. The minimum atomic E-state index is -0.669. The van der Waals surface area contributed by atoms with Crippen LogP contribution in [0.2, 0.25) is 0 Å². The van der Waals surface area contributed by atoms with E-state index in [0.29, 0.717) is 39.0 Å². The van der Waals surface area contributed by atoms with E-state index in [4.69, 9.17) is 4.74 Å². The average Bonchev–Trinajstić information content (AvgIpc) is 2.59. The van der Waals surface area contributed by atoms with Crippen LogP contribution >= 0.6 is 0 Å². The summed E-state index contributed by atoms with van der Waals surface area (Å²) in [6.45, 7) is 1.61. The third kappa shape index (κ3) is 11.5. The molecule has 0 radical (unpaired) electrons. The maximum atomic E-state index is 12.1. The Kier molecular flexibility index (Phi) is 13.3. The van der Waals surface area contributed by atoms with Crippen LogP contribution in [0.4, 0.5) is 9.59 Å². The predicted molar refractivity (Wildman–Crippen MR) is 87.7 cm³/mol. The van der Waals surface area contributed by atoms with Crippen molar-refractivity contribution in [2.45, 2.75) is 38.1 Å². The summed E-state index contributed by atoms with van der Waals surface area (Å²) in [6, 6.07) is -0.669. The number of methoxy groups -OCH3 is 3. The molecule has 9 heteroatoms. The second-order valence-electron chi connectivity index (χ2n) is 5.09. The smallest absolute Gasteiger partial charge is 0.407 e. The van der Waals surface area contributed by atoms with Crippen LogP contribution in [-0.2, 0) is 19.0 Å². The van der Waals surface area contributed by atoms with Crippen LogP contribution in [0.25, 0.3) is 0 Å². The summed E-state index contributed by atoms with van der Waals surface area (Å²) >= 11 is 0. The second-order valence-corrected chi connectivity index (χ2v) is 5.09. The molecule has 0 aromatic carbocycles. The van der Waals surface area contributed by atoms with Gasteiger partial charge < -0.3 is 30.2 Å². The van der Waals surface area contributed by atoms with Crippen molar-refractivity contribution in [3.05, 3.63) is 0 Å². The van der Waals surface area contributed by atoms with Crippen molar-refractivity contribution in [1.29, 1.82) is 0 Å². The van der Waals surface area contributed by atoms with Crippen molar-refractivity contribution in [3.63, 3.8) is 0 Å². The maximum absolute atomic E-state index is 12.1. The standard InChI is InChI=1S/C15H29N3O6/c1-22-11-7-6-9-16-13(19)12(18-15(21)24-3)8-4-5-10-17-14(20)23-2/h12H,4-11H2,1-3H3,(H,16,19)(H,17,20)(H,18,21). The Morgan fingerprint density at radius 2 is 1.46 bits per heavy atom. The number of hydrogen-bond donors (Lipinski definition) is 3. The van der Waals surface area contributed by atoms with Gasteiger partial charge in [0.25, 0.3) is 0 Å². The Hall–Kier alpha value is -2.03. The Morgan fingerprint density at radius 1 is 0.833 bits per heavy atom. The van der Waals surface area contributed by atoms with Crippen LogP contribution in [0.15, 0.2) is 0 Å². The third-order valence-corrected chi connectivity index (χ3v) is 3.24. The molecule has 0 aliphatic rings. The van der Waals surface area contributed by atoms with Gasteiger partial charge in [-0.1, -0.05) is 0 Å². The van der Waals surface area contributed by atoms with Crippen LogP contribution < -0.4 is 16.0 Å². The van der Waals surface area contributed by atoms with E-state index in [1.54, 1.807) is 7.11 Å². The fourth-order valence-electron chi connectivity index (χ4n) is 1.91. The molecule has 0 heterocycles. The van der Waals surface area contributed by atoms with Gasteiger partial charge in [0.1, 0.15) is 6.04 Å². The molecule has 24 heavy (non-hydrogen) atoms.